The lowest BCUT2D eigenvalue weighted by molar-refractivity contribution is -0.385. The minimum atomic E-state index is -1.24. The van der Waals surface area contributed by atoms with Crippen molar-refractivity contribution in [2.24, 2.45) is 0 Å². The van der Waals surface area contributed by atoms with Gasteiger partial charge in [-0.25, -0.2) is 4.79 Å². The minimum absolute atomic E-state index is 0.0669. The van der Waals surface area contributed by atoms with Crippen molar-refractivity contribution in [1.29, 1.82) is 0 Å². The van der Waals surface area contributed by atoms with Crippen LogP contribution in [0.25, 0.3) is 0 Å². The highest BCUT2D eigenvalue weighted by atomic mass is 127. The van der Waals surface area contributed by atoms with Crippen molar-refractivity contribution in [2.45, 2.75) is 0 Å². The molecule has 1 rings (SSSR count). The van der Waals surface area contributed by atoms with Crippen LogP contribution in [0.15, 0.2) is 12.1 Å². The predicted molar refractivity (Wildman–Crippen MR) is 57.8 cm³/mol. The summed E-state index contributed by atoms with van der Waals surface area (Å²) in [6, 6.07) is 2.16. The van der Waals surface area contributed by atoms with Crippen molar-refractivity contribution in [1.82, 2.24) is 0 Å². The number of benzene rings is 1. The van der Waals surface area contributed by atoms with Gasteiger partial charge in [-0.1, -0.05) is 11.6 Å². The third-order valence-electron chi connectivity index (χ3n) is 1.45. The quantitative estimate of drug-likeness (QED) is 0.514. The Kier molecular flexibility index (Phi) is 3.27. The van der Waals surface area contributed by atoms with Crippen molar-refractivity contribution < 1.29 is 14.8 Å². The third kappa shape index (κ3) is 2.13. The second kappa shape index (κ2) is 4.09. The van der Waals surface area contributed by atoms with Crippen LogP contribution < -0.4 is 0 Å². The first-order valence-corrected chi connectivity index (χ1v) is 4.76. The summed E-state index contributed by atoms with van der Waals surface area (Å²) in [4.78, 5) is 20.4. The monoisotopic (exact) mass is 327 g/mol. The molecule has 0 unspecified atom stereocenters. The summed E-state index contributed by atoms with van der Waals surface area (Å²) in [6.07, 6.45) is 0. The number of nitrogens with zero attached hydrogens (tertiary/aromatic N) is 1. The Morgan fingerprint density at radius 1 is 1.57 bits per heavy atom. The fraction of sp³-hybridized carbons (Fsp3) is 0. The molecule has 0 saturated heterocycles. The lowest BCUT2D eigenvalue weighted by atomic mass is 10.2. The van der Waals surface area contributed by atoms with Gasteiger partial charge in [0.05, 0.1) is 15.5 Å². The van der Waals surface area contributed by atoms with Crippen LogP contribution in [0.4, 0.5) is 5.69 Å². The summed E-state index contributed by atoms with van der Waals surface area (Å²) in [5.74, 6) is -1.24. The Bertz CT molecular complexity index is 420. The molecule has 74 valence electrons. The number of nitro groups is 1. The number of halogens is 2. The van der Waals surface area contributed by atoms with Gasteiger partial charge in [-0.2, -0.15) is 0 Å². The molecule has 0 amide bonds. The van der Waals surface area contributed by atoms with E-state index in [-0.39, 0.29) is 19.8 Å². The zero-order chi connectivity index (χ0) is 10.9. The van der Waals surface area contributed by atoms with Crippen LogP contribution in [0, 0.1) is 13.7 Å². The lowest BCUT2D eigenvalue weighted by Crippen LogP contribution is -2.00. The fourth-order valence-corrected chi connectivity index (χ4v) is 1.55. The first-order chi connectivity index (χ1) is 6.43. The predicted octanol–water partition coefficient (Wildman–Crippen LogP) is 2.55. The maximum atomic E-state index is 10.6. The maximum absolute atomic E-state index is 10.6. The number of hydrogen-bond acceptors (Lipinski definition) is 3. The molecule has 14 heavy (non-hydrogen) atoms. The van der Waals surface area contributed by atoms with Crippen molar-refractivity contribution in [3.05, 3.63) is 36.4 Å². The molecule has 1 aromatic rings. The van der Waals surface area contributed by atoms with Gasteiger partial charge >= 0.3 is 5.97 Å². The van der Waals surface area contributed by atoms with Crippen molar-refractivity contribution in [3.63, 3.8) is 0 Å². The van der Waals surface area contributed by atoms with E-state index in [0.29, 0.717) is 0 Å². The normalized spacial score (nSPS) is 9.86. The maximum Gasteiger partial charge on any atom is 0.335 e. The fourth-order valence-electron chi connectivity index (χ4n) is 0.831. The number of carboxylic acid groups (broad SMARTS) is 1. The molecule has 0 saturated carbocycles. The number of carboxylic acids is 1. The van der Waals surface area contributed by atoms with E-state index in [1.54, 1.807) is 22.6 Å². The van der Waals surface area contributed by atoms with Crippen LogP contribution in [-0.4, -0.2) is 16.0 Å². The second-order valence-corrected chi connectivity index (χ2v) is 3.84. The van der Waals surface area contributed by atoms with Gasteiger partial charge in [-0.3, -0.25) is 10.1 Å². The van der Waals surface area contributed by atoms with Gasteiger partial charge in [0.15, 0.2) is 0 Å². The van der Waals surface area contributed by atoms with Crippen molar-refractivity contribution >= 4 is 45.8 Å². The SMILES string of the molecule is O=C(O)c1cc(Cl)c(I)c([N+](=O)[O-])c1. The molecule has 0 fully saturated rings. The van der Waals surface area contributed by atoms with Crippen LogP contribution in [0.1, 0.15) is 10.4 Å². The zero-order valence-electron chi connectivity index (χ0n) is 6.53. The van der Waals surface area contributed by atoms with E-state index in [0.717, 1.165) is 6.07 Å². The van der Waals surface area contributed by atoms with E-state index >= 15 is 0 Å². The average Bonchev–Trinajstić information content (AvgIpc) is 2.08. The Morgan fingerprint density at radius 2 is 2.14 bits per heavy atom. The molecule has 5 nitrogen and oxygen atoms in total. The molecule has 0 aliphatic rings. The summed E-state index contributed by atoms with van der Waals surface area (Å²) in [5, 5.41) is 19.2. The van der Waals surface area contributed by atoms with Crippen molar-refractivity contribution in [2.75, 3.05) is 0 Å². The summed E-state index contributed by atoms with van der Waals surface area (Å²) in [6.45, 7) is 0. The Labute approximate surface area is 97.0 Å². The highest BCUT2D eigenvalue weighted by Crippen LogP contribution is 2.29. The van der Waals surface area contributed by atoms with E-state index in [1.807, 2.05) is 0 Å². The van der Waals surface area contributed by atoms with Crippen LogP contribution in [0.3, 0.4) is 0 Å². The van der Waals surface area contributed by atoms with Crippen LogP contribution in [-0.2, 0) is 0 Å². The lowest BCUT2D eigenvalue weighted by Gasteiger charge is -2.00. The molecule has 7 heteroatoms. The molecule has 0 aliphatic heterocycles. The molecule has 0 atom stereocenters. The molecule has 0 aliphatic carbocycles. The molecular weight excluding hydrogens is 324 g/mol. The van der Waals surface area contributed by atoms with Gasteiger partial charge < -0.3 is 5.11 Å². The minimum Gasteiger partial charge on any atom is -0.478 e. The van der Waals surface area contributed by atoms with Crippen LogP contribution in [0.2, 0.25) is 5.02 Å². The van der Waals surface area contributed by atoms with Gasteiger partial charge in [0, 0.05) is 6.07 Å². The first-order valence-electron chi connectivity index (χ1n) is 3.30. The Morgan fingerprint density at radius 3 is 2.57 bits per heavy atom. The van der Waals surface area contributed by atoms with Crippen molar-refractivity contribution in [3.8, 4) is 0 Å². The van der Waals surface area contributed by atoms with Gasteiger partial charge in [0.25, 0.3) is 5.69 Å². The molecule has 1 aromatic carbocycles. The summed E-state index contributed by atoms with van der Waals surface area (Å²) in [5.41, 5.74) is -0.488. The van der Waals surface area contributed by atoms with Crippen LogP contribution in [0.5, 0.6) is 0 Å². The number of nitro benzene ring substituents is 1. The second-order valence-electron chi connectivity index (χ2n) is 2.35. The van der Waals surface area contributed by atoms with E-state index < -0.39 is 10.9 Å². The van der Waals surface area contributed by atoms with E-state index in [4.69, 9.17) is 16.7 Å². The van der Waals surface area contributed by atoms with Gasteiger partial charge in [0.1, 0.15) is 3.57 Å². The standard InChI is InChI=1S/C7H3ClINO4/c8-4-1-3(7(11)12)2-5(6(4)9)10(13)14/h1-2H,(H,11,12). The van der Waals surface area contributed by atoms with E-state index in [1.165, 1.54) is 6.07 Å². The first kappa shape index (κ1) is 11.2. The number of rotatable bonds is 2. The van der Waals surface area contributed by atoms with E-state index in [9.17, 15) is 14.9 Å². The Balaban J connectivity index is 3.43. The number of carbonyl (C=O) groups is 1. The highest BCUT2D eigenvalue weighted by Gasteiger charge is 2.18. The smallest absolute Gasteiger partial charge is 0.335 e. The van der Waals surface area contributed by atoms with Crippen LogP contribution >= 0.6 is 34.2 Å². The van der Waals surface area contributed by atoms with Gasteiger partial charge in [-0.15, -0.1) is 0 Å². The summed E-state index contributed by atoms with van der Waals surface area (Å²) < 4.78 is 0.235. The highest BCUT2D eigenvalue weighted by molar-refractivity contribution is 14.1. The zero-order valence-corrected chi connectivity index (χ0v) is 9.44. The molecule has 0 heterocycles. The molecule has 0 spiro atoms. The van der Waals surface area contributed by atoms with Gasteiger partial charge in [-0.05, 0) is 28.7 Å². The summed E-state index contributed by atoms with van der Waals surface area (Å²) in [7, 11) is 0. The Hall–Kier alpha value is -0.890. The molecule has 0 radical (unpaired) electrons. The molecule has 1 N–H and O–H groups in total. The number of hydrogen-bond donors (Lipinski definition) is 1. The van der Waals surface area contributed by atoms with E-state index in [2.05, 4.69) is 0 Å². The molecule has 0 aromatic heterocycles. The average molecular weight is 327 g/mol. The molecular formula is C7H3ClINO4. The summed E-state index contributed by atoms with van der Waals surface area (Å²) >= 11 is 7.33. The number of aromatic carboxylic acids is 1. The van der Waals surface area contributed by atoms with Gasteiger partial charge in [0.2, 0.25) is 0 Å². The molecule has 0 bridgehead atoms. The largest absolute Gasteiger partial charge is 0.478 e. The topological polar surface area (TPSA) is 80.4 Å². The third-order valence-corrected chi connectivity index (χ3v) is 3.20.